The van der Waals surface area contributed by atoms with Crippen molar-refractivity contribution in [1.82, 2.24) is 0 Å². The van der Waals surface area contributed by atoms with Crippen molar-refractivity contribution in [1.29, 1.82) is 0 Å². The van der Waals surface area contributed by atoms with E-state index in [9.17, 15) is 5.11 Å². The van der Waals surface area contributed by atoms with Gasteiger partial charge in [-0.25, -0.2) is 0 Å². The molecule has 1 aliphatic rings. The van der Waals surface area contributed by atoms with Crippen molar-refractivity contribution in [3.05, 3.63) is 24.3 Å². The summed E-state index contributed by atoms with van der Waals surface area (Å²) in [5.74, 6) is 0. The molecule has 1 nitrogen and oxygen atoms in total. The number of hydrogen-bond donors (Lipinski definition) is 1. The fraction of sp³-hybridized carbons (Fsp3) is 0.714. The van der Waals surface area contributed by atoms with Crippen LogP contribution in [0.25, 0.3) is 0 Å². The SMILES string of the molecule is C=CCCC1(O)CCC(C)=CCC1(C)C. The predicted molar refractivity (Wildman–Crippen MR) is 65.8 cm³/mol. The van der Waals surface area contributed by atoms with Crippen molar-refractivity contribution in [2.24, 2.45) is 5.41 Å². The summed E-state index contributed by atoms with van der Waals surface area (Å²) in [6.07, 6.45) is 8.81. The fourth-order valence-corrected chi connectivity index (χ4v) is 2.27. The largest absolute Gasteiger partial charge is 0.389 e. The Morgan fingerprint density at radius 1 is 1.53 bits per heavy atom. The highest BCUT2D eigenvalue weighted by atomic mass is 16.3. The first-order valence-corrected chi connectivity index (χ1v) is 5.90. The van der Waals surface area contributed by atoms with Gasteiger partial charge in [-0.15, -0.1) is 6.58 Å². The van der Waals surface area contributed by atoms with Gasteiger partial charge in [0.1, 0.15) is 0 Å². The van der Waals surface area contributed by atoms with Crippen LogP contribution in [0.3, 0.4) is 0 Å². The Hall–Kier alpha value is -0.560. The molecule has 0 aliphatic heterocycles. The van der Waals surface area contributed by atoms with Crippen LogP contribution in [0.15, 0.2) is 24.3 Å². The molecule has 0 radical (unpaired) electrons. The Bertz CT molecular complexity index is 263. The summed E-state index contributed by atoms with van der Waals surface area (Å²) in [6.45, 7) is 10.2. The standard InChI is InChI=1S/C14H24O/c1-5-6-9-14(15)11-8-12(2)7-10-13(14,3)4/h5,7,15H,1,6,8-11H2,2-4H3. The molecular weight excluding hydrogens is 184 g/mol. The van der Waals surface area contributed by atoms with Crippen molar-refractivity contribution in [2.75, 3.05) is 0 Å². The molecule has 0 saturated heterocycles. The smallest absolute Gasteiger partial charge is 0.0707 e. The minimum Gasteiger partial charge on any atom is -0.389 e. The van der Waals surface area contributed by atoms with Crippen LogP contribution >= 0.6 is 0 Å². The summed E-state index contributed by atoms with van der Waals surface area (Å²) >= 11 is 0. The van der Waals surface area contributed by atoms with Crippen LogP contribution in [0.1, 0.15) is 52.9 Å². The van der Waals surface area contributed by atoms with Crippen molar-refractivity contribution < 1.29 is 5.11 Å². The fourth-order valence-electron chi connectivity index (χ4n) is 2.27. The van der Waals surface area contributed by atoms with Gasteiger partial charge < -0.3 is 5.11 Å². The Balaban J connectivity index is 2.82. The van der Waals surface area contributed by atoms with Gasteiger partial charge in [0.25, 0.3) is 0 Å². The lowest BCUT2D eigenvalue weighted by molar-refractivity contribution is -0.0754. The van der Waals surface area contributed by atoms with Crippen LogP contribution in [0.2, 0.25) is 0 Å². The number of aliphatic hydroxyl groups is 1. The number of hydrogen-bond acceptors (Lipinski definition) is 1. The van der Waals surface area contributed by atoms with E-state index in [1.165, 1.54) is 5.57 Å². The topological polar surface area (TPSA) is 20.2 Å². The van der Waals surface area contributed by atoms with Gasteiger partial charge in [-0.2, -0.15) is 0 Å². The lowest BCUT2D eigenvalue weighted by Gasteiger charge is -2.41. The second-order valence-corrected chi connectivity index (χ2v) is 5.50. The summed E-state index contributed by atoms with van der Waals surface area (Å²) in [6, 6.07) is 0. The van der Waals surface area contributed by atoms with Crippen LogP contribution in [0, 0.1) is 5.41 Å². The van der Waals surface area contributed by atoms with Gasteiger partial charge in [-0.1, -0.05) is 31.6 Å². The van der Waals surface area contributed by atoms with Gasteiger partial charge in [0, 0.05) is 0 Å². The van der Waals surface area contributed by atoms with Gasteiger partial charge in [0.2, 0.25) is 0 Å². The van der Waals surface area contributed by atoms with Crippen LogP contribution in [-0.4, -0.2) is 10.7 Å². The molecule has 15 heavy (non-hydrogen) atoms. The Morgan fingerprint density at radius 3 is 2.80 bits per heavy atom. The molecule has 1 unspecified atom stereocenters. The highest BCUT2D eigenvalue weighted by Crippen LogP contribution is 2.44. The van der Waals surface area contributed by atoms with Crippen LogP contribution in [-0.2, 0) is 0 Å². The first-order valence-electron chi connectivity index (χ1n) is 5.90. The molecule has 1 aliphatic carbocycles. The zero-order chi connectivity index (χ0) is 11.5. The molecule has 86 valence electrons. The third kappa shape index (κ3) is 2.72. The summed E-state index contributed by atoms with van der Waals surface area (Å²) in [5.41, 5.74) is 0.862. The molecule has 0 bridgehead atoms. The first-order chi connectivity index (χ1) is 6.91. The third-order valence-electron chi connectivity index (χ3n) is 3.92. The lowest BCUT2D eigenvalue weighted by Crippen LogP contribution is -2.43. The molecule has 0 saturated carbocycles. The van der Waals surface area contributed by atoms with Gasteiger partial charge in [0.05, 0.1) is 5.60 Å². The summed E-state index contributed by atoms with van der Waals surface area (Å²) in [4.78, 5) is 0. The lowest BCUT2D eigenvalue weighted by atomic mass is 9.69. The molecule has 1 heteroatoms. The van der Waals surface area contributed by atoms with Crippen LogP contribution in [0.4, 0.5) is 0 Å². The van der Waals surface area contributed by atoms with E-state index in [0.717, 1.165) is 32.1 Å². The highest BCUT2D eigenvalue weighted by molar-refractivity contribution is 5.09. The second kappa shape index (κ2) is 4.52. The number of allylic oxidation sites excluding steroid dienone is 3. The maximum Gasteiger partial charge on any atom is 0.0707 e. The minimum atomic E-state index is -0.532. The van der Waals surface area contributed by atoms with E-state index in [2.05, 4.69) is 33.4 Å². The van der Waals surface area contributed by atoms with E-state index in [4.69, 9.17) is 0 Å². The molecule has 1 N–H and O–H groups in total. The second-order valence-electron chi connectivity index (χ2n) is 5.50. The van der Waals surface area contributed by atoms with E-state index in [1.54, 1.807) is 0 Å². The van der Waals surface area contributed by atoms with E-state index in [1.807, 2.05) is 6.08 Å². The van der Waals surface area contributed by atoms with Crippen LogP contribution in [0.5, 0.6) is 0 Å². The van der Waals surface area contributed by atoms with E-state index < -0.39 is 5.60 Å². The third-order valence-corrected chi connectivity index (χ3v) is 3.92. The maximum atomic E-state index is 10.7. The quantitative estimate of drug-likeness (QED) is 0.699. The zero-order valence-corrected chi connectivity index (χ0v) is 10.3. The van der Waals surface area contributed by atoms with Gasteiger partial charge >= 0.3 is 0 Å². The average molecular weight is 208 g/mol. The van der Waals surface area contributed by atoms with Gasteiger partial charge in [0.15, 0.2) is 0 Å². The Labute approximate surface area is 93.9 Å². The predicted octanol–water partition coefficient (Wildman–Crippen LogP) is 3.84. The summed E-state index contributed by atoms with van der Waals surface area (Å²) in [5, 5.41) is 10.7. The van der Waals surface area contributed by atoms with Gasteiger partial charge in [-0.3, -0.25) is 0 Å². The Morgan fingerprint density at radius 2 is 2.20 bits per heavy atom. The molecule has 0 aromatic rings. The van der Waals surface area contributed by atoms with Crippen LogP contribution < -0.4 is 0 Å². The van der Waals surface area contributed by atoms with Gasteiger partial charge in [-0.05, 0) is 44.4 Å². The first kappa shape index (κ1) is 12.5. The highest BCUT2D eigenvalue weighted by Gasteiger charge is 2.42. The molecular formula is C14H24O. The molecule has 1 atom stereocenters. The van der Waals surface area contributed by atoms with E-state index in [0.29, 0.717) is 0 Å². The monoisotopic (exact) mass is 208 g/mol. The molecule has 0 aromatic carbocycles. The average Bonchev–Trinajstić information content (AvgIpc) is 2.28. The normalized spacial score (nSPS) is 30.5. The Kier molecular flexibility index (Phi) is 3.77. The van der Waals surface area contributed by atoms with E-state index >= 15 is 0 Å². The molecule has 0 spiro atoms. The summed E-state index contributed by atoms with van der Waals surface area (Å²) < 4.78 is 0. The van der Waals surface area contributed by atoms with Crippen molar-refractivity contribution in [3.8, 4) is 0 Å². The van der Waals surface area contributed by atoms with Crippen molar-refractivity contribution >= 4 is 0 Å². The molecule has 0 amide bonds. The van der Waals surface area contributed by atoms with Crippen molar-refractivity contribution in [2.45, 2.75) is 58.5 Å². The molecule has 0 heterocycles. The zero-order valence-electron chi connectivity index (χ0n) is 10.3. The molecule has 0 aromatic heterocycles. The molecule has 1 rings (SSSR count). The molecule has 0 fully saturated rings. The summed E-state index contributed by atoms with van der Waals surface area (Å²) in [7, 11) is 0. The maximum absolute atomic E-state index is 10.7. The van der Waals surface area contributed by atoms with E-state index in [-0.39, 0.29) is 5.41 Å². The number of rotatable bonds is 3. The minimum absolute atomic E-state index is 0.0201. The van der Waals surface area contributed by atoms with Crippen molar-refractivity contribution in [3.63, 3.8) is 0 Å².